The Labute approximate surface area is 123 Å². The highest BCUT2D eigenvalue weighted by Crippen LogP contribution is 2.21. The maximum absolute atomic E-state index is 12.0. The number of piperazine rings is 1. The number of carbonyl (C=O) groups excluding carboxylic acids is 1. The van der Waals surface area contributed by atoms with Crippen LogP contribution in [0.25, 0.3) is 0 Å². The van der Waals surface area contributed by atoms with Crippen molar-refractivity contribution >= 4 is 5.97 Å². The minimum atomic E-state index is -0.454. The van der Waals surface area contributed by atoms with E-state index >= 15 is 0 Å². The number of hydroxylamine groups is 2. The minimum absolute atomic E-state index is 0.157. The predicted molar refractivity (Wildman–Crippen MR) is 81.0 cm³/mol. The van der Waals surface area contributed by atoms with Gasteiger partial charge >= 0.3 is 5.97 Å². The van der Waals surface area contributed by atoms with E-state index in [0.717, 1.165) is 39.1 Å². The Bertz CT molecular complexity index is 313. The van der Waals surface area contributed by atoms with E-state index in [1.54, 1.807) is 0 Å². The second-order valence-electron chi connectivity index (χ2n) is 7.01. The van der Waals surface area contributed by atoms with Crippen molar-refractivity contribution in [2.45, 2.75) is 47.1 Å². The molecular formula is C15H31N3O2. The van der Waals surface area contributed by atoms with Gasteiger partial charge in [-0.25, -0.2) is 4.79 Å². The molecule has 5 nitrogen and oxygen atoms in total. The monoisotopic (exact) mass is 285 g/mol. The van der Waals surface area contributed by atoms with Crippen LogP contribution in [0.5, 0.6) is 0 Å². The molecule has 0 spiro atoms. The lowest BCUT2D eigenvalue weighted by Gasteiger charge is -2.42. The van der Waals surface area contributed by atoms with Gasteiger partial charge in [-0.2, -0.15) is 0 Å². The van der Waals surface area contributed by atoms with Gasteiger partial charge in [-0.1, -0.05) is 13.8 Å². The Morgan fingerprint density at radius 3 is 2.50 bits per heavy atom. The molecular weight excluding hydrogens is 254 g/mol. The van der Waals surface area contributed by atoms with Crippen LogP contribution in [0.15, 0.2) is 0 Å². The highest BCUT2D eigenvalue weighted by molar-refractivity contribution is 5.75. The van der Waals surface area contributed by atoms with E-state index in [0.29, 0.717) is 12.0 Å². The molecule has 1 saturated heterocycles. The lowest BCUT2D eigenvalue weighted by molar-refractivity contribution is -0.213. The molecule has 0 amide bonds. The summed E-state index contributed by atoms with van der Waals surface area (Å²) >= 11 is 0. The molecule has 2 N–H and O–H groups in total. The predicted octanol–water partition coefficient (Wildman–Crippen LogP) is 1.48. The molecule has 0 saturated carbocycles. The van der Waals surface area contributed by atoms with E-state index in [9.17, 15) is 4.79 Å². The zero-order valence-corrected chi connectivity index (χ0v) is 13.7. The molecule has 1 atom stereocenters. The summed E-state index contributed by atoms with van der Waals surface area (Å²) in [4.78, 5) is 20.0. The number of nitrogens with two attached hydrogens (primary N) is 1. The van der Waals surface area contributed by atoms with Crippen molar-refractivity contribution in [1.29, 1.82) is 0 Å². The van der Waals surface area contributed by atoms with Gasteiger partial charge in [-0.15, -0.1) is 5.06 Å². The molecule has 118 valence electrons. The molecule has 1 aliphatic heterocycles. The second kappa shape index (κ2) is 7.38. The molecule has 1 rings (SSSR count). The normalized spacial score (nSPS) is 22.2. The van der Waals surface area contributed by atoms with Crippen LogP contribution in [0, 0.1) is 11.3 Å². The van der Waals surface area contributed by atoms with Crippen LogP contribution in [0.1, 0.15) is 41.0 Å². The number of rotatable bonds is 5. The minimum Gasteiger partial charge on any atom is -0.367 e. The van der Waals surface area contributed by atoms with Crippen LogP contribution in [0.2, 0.25) is 0 Å². The number of nitrogens with zero attached hydrogens (tertiary/aromatic N) is 2. The highest BCUT2D eigenvalue weighted by atomic mass is 16.7. The standard InChI is InChI=1S/C15H31N3O2/c1-12(2)13-11-18(20-14(19)15(3,4)5)10-9-17(13)8-6-7-16/h12-13H,6-11,16H2,1-5H3. The first kappa shape index (κ1) is 17.4. The van der Waals surface area contributed by atoms with Crippen LogP contribution < -0.4 is 5.73 Å². The largest absolute Gasteiger partial charge is 0.367 e. The van der Waals surface area contributed by atoms with Gasteiger partial charge < -0.3 is 10.6 Å². The number of hydrogen-bond donors (Lipinski definition) is 1. The van der Waals surface area contributed by atoms with Gasteiger partial charge in [0.2, 0.25) is 0 Å². The molecule has 0 aromatic carbocycles. The summed E-state index contributed by atoms with van der Waals surface area (Å²) in [6.45, 7) is 14.3. The van der Waals surface area contributed by atoms with Crippen molar-refractivity contribution in [2.75, 3.05) is 32.7 Å². The molecule has 1 aliphatic rings. The molecule has 0 aromatic rings. The second-order valence-corrected chi connectivity index (χ2v) is 7.01. The van der Waals surface area contributed by atoms with Crippen molar-refractivity contribution in [3.63, 3.8) is 0 Å². The third-order valence-electron chi connectivity index (χ3n) is 3.74. The maximum atomic E-state index is 12.0. The van der Waals surface area contributed by atoms with E-state index < -0.39 is 5.41 Å². The van der Waals surface area contributed by atoms with Gasteiger partial charge in [0.15, 0.2) is 0 Å². The fourth-order valence-electron chi connectivity index (χ4n) is 2.36. The average Bonchev–Trinajstić information content (AvgIpc) is 2.35. The van der Waals surface area contributed by atoms with E-state index in [-0.39, 0.29) is 5.97 Å². The average molecular weight is 285 g/mol. The molecule has 1 unspecified atom stereocenters. The van der Waals surface area contributed by atoms with Gasteiger partial charge in [0.1, 0.15) is 0 Å². The molecule has 0 aromatic heterocycles. The zero-order valence-electron chi connectivity index (χ0n) is 13.7. The SMILES string of the molecule is CC(C)C1CN(OC(=O)C(C)(C)C)CCN1CCCN. The Morgan fingerprint density at radius 2 is 2.00 bits per heavy atom. The Hall–Kier alpha value is -0.650. The summed E-state index contributed by atoms with van der Waals surface area (Å²) in [6.07, 6.45) is 1.02. The molecule has 5 heteroatoms. The fourth-order valence-corrected chi connectivity index (χ4v) is 2.36. The fraction of sp³-hybridized carbons (Fsp3) is 0.933. The summed E-state index contributed by atoms with van der Waals surface area (Å²) in [5.41, 5.74) is 5.15. The summed E-state index contributed by atoms with van der Waals surface area (Å²) in [5, 5.41) is 1.83. The van der Waals surface area contributed by atoms with Crippen molar-refractivity contribution in [2.24, 2.45) is 17.1 Å². The van der Waals surface area contributed by atoms with E-state index in [1.165, 1.54) is 0 Å². The van der Waals surface area contributed by atoms with Gasteiger partial charge in [-0.05, 0) is 46.2 Å². The number of hydrogen-bond acceptors (Lipinski definition) is 5. The first-order valence-corrected chi connectivity index (χ1v) is 7.67. The van der Waals surface area contributed by atoms with Gasteiger partial charge in [0.25, 0.3) is 0 Å². The Morgan fingerprint density at radius 1 is 1.35 bits per heavy atom. The Kier molecular flexibility index (Phi) is 6.43. The third-order valence-corrected chi connectivity index (χ3v) is 3.74. The van der Waals surface area contributed by atoms with Crippen LogP contribution in [0.4, 0.5) is 0 Å². The van der Waals surface area contributed by atoms with Crippen LogP contribution in [0.3, 0.4) is 0 Å². The highest BCUT2D eigenvalue weighted by Gasteiger charge is 2.33. The van der Waals surface area contributed by atoms with Gasteiger partial charge in [0.05, 0.1) is 12.0 Å². The third kappa shape index (κ3) is 5.04. The first-order chi connectivity index (χ1) is 9.25. The topological polar surface area (TPSA) is 58.8 Å². The summed E-state index contributed by atoms with van der Waals surface area (Å²) in [5.74, 6) is 0.374. The lowest BCUT2D eigenvalue weighted by atomic mass is 9.97. The summed E-state index contributed by atoms with van der Waals surface area (Å²) in [6, 6.07) is 0.420. The van der Waals surface area contributed by atoms with Gasteiger partial charge in [-0.3, -0.25) is 4.90 Å². The molecule has 0 radical (unpaired) electrons. The smallest absolute Gasteiger partial charge is 0.330 e. The van der Waals surface area contributed by atoms with Crippen LogP contribution in [-0.4, -0.2) is 54.7 Å². The van der Waals surface area contributed by atoms with Crippen molar-refractivity contribution < 1.29 is 9.63 Å². The number of carbonyl (C=O) groups is 1. The van der Waals surface area contributed by atoms with Crippen LogP contribution >= 0.6 is 0 Å². The Balaban J connectivity index is 2.57. The summed E-state index contributed by atoms with van der Waals surface area (Å²) < 4.78 is 0. The van der Waals surface area contributed by atoms with Crippen molar-refractivity contribution in [1.82, 2.24) is 9.96 Å². The van der Waals surface area contributed by atoms with E-state index in [1.807, 2.05) is 25.8 Å². The quantitative estimate of drug-likeness (QED) is 0.829. The summed E-state index contributed by atoms with van der Waals surface area (Å²) in [7, 11) is 0. The molecule has 1 heterocycles. The molecule has 20 heavy (non-hydrogen) atoms. The molecule has 0 bridgehead atoms. The zero-order chi connectivity index (χ0) is 15.3. The van der Waals surface area contributed by atoms with Crippen molar-refractivity contribution in [3.8, 4) is 0 Å². The first-order valence-electron chi connectivity index (χ1n) is 7.67. The van der Waals surface area contributed by atoms with Crippen molar-refractivity contribution in [3.05, 3.63) is 0 Å². The maximum Gasteiger partial charge on any atom is 0.330 e. The lowest BCUT2D eigenvalue weighted by Crippen LogP contribution is -2.56. The van der Waals surface area contributed by atoms with Gasteiger partial charge in [0, 0.05) is 19.1 Å². The van der Waals surface area contributed by atoms with E-state index in [2.05, 4.69) is 18.7 Å². The molecule has 1 fully saturated rings. The van der Waals surface area contributed by atoms with E-state index in [4.69, 9.17) is 10.6 Å². The molecule has 0 aliphatic carbocycles. The van der Waals surface area contributed by atoms with Crippen LogP contribution in [-0.2, 0) is 9.63 Å².